The topological polar surface area (TPSA) is 130 Å². The second-order valence-corrected chi connectivity index (χ2v) is 10.5. The molecule has 1 fully saturated rings. The number of hydrogen-bond donors (Lipinski definition) is 1. The number of nitrogens with one attached hydrogen (secondary N) is 1. The number of carbonyl (C=O) groups is 2. The molecule has 2 aliphatic heterocycles. The molecule has 1 saturated heterocycles. The predicted molar refractivity (Wildman–Crippen MR) is 141 cm³/mol. The van der Waals surface area contributed by atoms with Crippen LogP contribution in [-0.4, -0.2) is 86.5 Å². The fourth-order valence-electron chi connectivity index (χ4n) is 4.87. The molecule has 5 rings (SSSR count). The number of amides is 3. The number of piperazine rings is 1. The summed E-state index contributed by atoms with van der Waals surface area (Å²) in [6, 6.07) is 1.61. The third-order valence-electron chi connectivity index (χ3n) is 6.53. The first-order chi connectivity index (χ1) is 18.0. The zero-order valence-corrected chi connectivity index (χ0v) is 22.6. The Labute approximate surface area is 220 Å². The molecule has 0 aromatic carbocycles. The Hall–Kier alpha value is -4.16. The summed E-state index contributed by atoms with van der Waals surface area (Å²) in [4.78, 5) is 44.7. The summed E-state index contributed by atoms with van der Waals surface area (Å²) in [5.74, 6) is 1.81. The number of hydrogen-bond acceptors (Lipinski definition) is 9. The number of ether oxygens (including phenoxy) is 2. The maximum Gasteiger partial charge on any atom is 0.410 e. The van der Waals surface area contributed by atoms with Crippen LogP contribution >= 0.6 is 0 Å². The van der Waals surface area contributed by atoms with Crippen molar-refractivity contribution in [2.24, 2.45) is 0 Å². The van der Waals surface area contributed by atoms with Crippen molar-refractivity contribution in [1.82, 2.24) is 29.5 Å². The van der Waals surface area contributed by atoms with Gasteiger partial charge in [0.25, 0.3) is 5.78 Å². The maximum atomic E-state index is 13.3. The molecular formula is C25H33N9O4. The number of aryl methyl sites for hydroxylation is 1. The van der Waals surface area contributed by atoms with Gasteiger partial charge in [0.05, 0.1) is 13.3 Å². The van der Waals surface area contributed by atoms with Crippen LogP contribution < -0.4 is 19.9 Å². The highest BCUT2D eigenvalue weighted by molar-refractivity contribution is 6.03. The lowest BCUT2D eigenvalue weighted by Crippen LogP contribution is -2.55. The predicted octanol–water partition coefficient (Wildman–Crippen LogP) is 2.88. The van der Waals surface area contributed by atoms with E-state index < -0.39 is 5.60 Å². The van der Waals surface area contributed by atoms with Crippen LogP contribution in [0.5, 0.6) is 5.88 Å². The number of anilines is 3. The van der Waals surface area contributed by atoms with Crippen molar-refractivity contribution in [3.8, 4) is 5.88 Å². The van der Waals surface area contributed by atoms with Crippen molar-refractivity contribution in [3.63, 3.8) is 0 Å². The number of rotatable bonds is 3. The van der Waals surface area contributed by atoms with Crippen molar-refractivity contribution >= 4 is 35.1 Å². The van der Waals surface area contributed by atoms with E-state index in [1.165, 1.54) is 11.6 Å². The SMILES string of the molecule is COc1nc2nc(C)nn2cc1NC(=O)N1CCc2c(N3CCN(C(=O)OC(C)(C)C)[C@@H](C)C3)ccnc21. The molecule has 3 aromatic heterocycles. The van der Waals surface area contributed by atoms with Crippen LogP contribution in [-0.2, 0) is 11.2 Å². The summed E-state index contributed by atoms with van der Waals surface area (Å²) < 4.78 is 12.4. The van der Waals surface area contributed by atoms with E-state index in [1.807, 2.05) is 33.8 Å². The van der Waals surface area contributed by atoms with E-state index in [2.05, 4.69) is 30.3 Å². The number of pyridine rings is 1. The van der Waals surface area contributed by atoms with Gasteiger partial charge in [0.15, 0.2) is 0 Å². The fourth-order valence-corrected chi connectivity index (χ4v) is 4.87. The first-order valence-electron chi connectivity index (χ1n) is 12.6. The smallest absolute Gasteiger partial charge is 0.410 e. The Morgan fingerprint density at radius 2 is 1.95 bits per heavy atom. The van der Waals surface area contributed by atoms with Gasteiger partial charge < -0.3 is 24.6 Å². The van der Waals surface area contributed by atoms with E-state index in [0.29, 0.717) is 55.7 Å². The van der Waals surface area contributed by atoms with E-state index in [0.717, 1.165) is 11.3 Å². The van der Waals surface area contributed by atoms with Crippen molar-refractivity contribution < 1.29 is 19.1 Å². The van der Waals surface area contributed by atoms with Crippen LogP contribution in [0, 0.1) is 6.92 Å². The molecule has 13 heteroatoms. The number of fused-ring (bicyclic) bond motifs is 2. The van der Waals surface area contributed by atoms with E-state index in [4.69, 9.17) is 9.47 Å². The minimum absolute atomic E-state index is 0.0291. The molecule has 0 radical (unpaired) electrons. The Morgan fingerprint density at radius 1 is 1.16 bits per heavy atom. The standard InChI is InChI=1S/C25H33N9O4/c1-15-13-31(11-12-32(15)24(36)38-25(3,4)5)19-7-9-26-20-17(19)8-10-33(20)23(35)28-18-14-34-22(27-16(2)30-34)29-21(18)37-6/h7,9,14-15H,8,10-13H2,1-6H3,(H,28,35)/t15-/m0/s1. The molecule has 3 aromatic rings. The quantitative estimate of drug-likeness (QED) is 0.551. The normalized spacial score (nSPS) is 17.5. The second kappa shape index (κ2) is 9.62. The molecule has 38 heavy (non-hydrogen) atoms. The summed E-state index contributed by atoms with van der Waals surface area (Å²) in [6.07, 6.45) is 3.72. The first kappa shape index (κ1) is 25.5. The molecule has 2 aliphatic rings. The van der Waals surface area contributed by atoms with Crippen LogP contribution in [0.15, 0.2) is 18.5 Å². The highest BCUT2D eigenvalue weighted by atomic mass is 16.6. The van der Waals surface area contributed by atoms with E-state index in [-0.39, 0.29) is 24.0 Å². The lowest BCUT2D eigenvalue weighted by atomic mass is 10.1. The highest BCUT2D eigenvalue weighted by Gasteiger charge is 2.34. The molecule has 0 bridgehead atoms. The molecule has 13 nitrogen and oxygen atoms in total. The molecule has 5 heterocycles. The molecule has 0 aliphatic carbocycles. The number of nitrogens with zero attached hydrogens (tertiary/aromatic N) is 8. The van der Waals surface area contributed by atoms with Crippen LogP contribution in [0.4, 0.5) is 26.8 Å². The van der Waals surface area contributed by atoms with Gasteiger partial charge in [-0.3, -0.25) is 4.90 Å². The monoisotopic (exact) mass is 523 g/mol. The molecule has 0 unspecified atom stereocenters. The Balaban J connectivity index is 1.32. The first-order valence-corrected chi connectivity index (χ1v) is 12.6. The molecule has 1 atom stereocenters. The van der Waals surface area contributed by atoms with Gasteiger partial charge in [-0.1, -0.05) is 0 Å². The molecule has 0 saturated carbocycles. The van der Waals surface area contributed by atoms with Gasteiger partial charge in [0, 0.05) is 49.7 Å². The summed E-state index contributed by atoms with van der Waals surface area (Å²) in [7, 11) is 1.49. The van der Waals surface area contributed by atoms with Gasteiger partial charge in [0.1, 0.15) is 22.9 Å². The minimum atomic E-state index is -0.538. The number of carbonyl (C=O) groups excluding carboxylic acids is 2. The van der Waals surface area contributed by atoms with Crippen molar-refractivity contribution in [2.75, 3.05) is 48.4 Å². The van der Waals surface area contributed by atoms with Gasteiger partial charge in [-0.15, -0.1) is 0 Å². The Kier molecular flexibility index (Phi) is 6.45. The molecule has 202 valence electrons. The van der Waals surface area contributed by atoms with Gasteiger partial charge in [-0.05, 0) is 47.1 Å². The number of aromatic nitrogens is 5. The van der Waals surface area contributed by atoms with E-state index in [9.17, 15) is 9.59 Å². The zero-order chi connectivity index (χ0) is 27.2. The van der Waals surface area contributed by atoms with E-state index >= 15 is 0 Å². The summed E-state index contributed by atoms with van der Waals surface area (Å²) in [5.41, 5.74) is 1.88. The summed E-state index contributed by atoms with van der Waals surface area (Å²) in [6.45, 7) is 11.7. The van der Waals surface area contributed by atoms with Crippen molar-refractivity contribution in [3.05, 3.63) is 29.8 Å². The zero-order valence-electron chi connectivity index (χ0n) is 22.6. The van der Waals surface area contributed by atoms with Crippen LogP contribution in [0.2, 0.25) is 0 Å². The van der Waals surface area contributed by atoms with Gasteiger partial charge in [-0.2, -0.15) is 15.1 Å². The third kappa shape index (κ3) is 4.87. The van der Waals surface area contributed by atoms with Gasteiger partial charge in [-0.25, -0.2) is 19.1 Å². The largest absolute Gasteiger partial charge is 0.479 e. The van der Waals surface area contributed by atoms with Crippen LogP contribution in [0.3, 0.4) is 0 Å². The lowest BCUT2D eigenvalue weighted by molar-refractivity contribution is 0.0159. The molecule has 3 amide bonds. The average Bonchev–Trinajstić information content (AvgIpc) is 3.44. The average molecular weight is 524 g/mol. The lowest BCUT2D eigenvalue weighted by Gasteiger charge is -2.41. The van der Waals surface area contributed by atoms with Crippen LogP contribution in [0.25, 0.3) is 5.78 Å². The fraction of sp³-hybridized carbons (Fsp3) is 0.520. The third-order valence-corrected chi connectivity index (χ3v) is 6.53. The van der Waals surface area contributed by atoms with Gasteiger partial charge >= 0.3 is 12.1 Å². The van der Waals surface area contributed by atoms with Crippen molar-refractivity contribution in [2.45, 2.75) is 52.7 Å². The second-order valence-electron chi connectivity index (χ2n) is 10.5. The Morgan fingerprint density at radius 3 is 2.66 bits per heavy atom. The van der Waals surface area contributed by atoms with Gasteiger partial charge in [0.2, 0.25) is 5.88 Å². The molecule has 0 spiro atoms. The van der Waals surface area contributed by atoms with E-state index in [1.54, 1.807) is 29.1 Å². The van der Waals surface area contributed by atoms with Crippen LogP contribution in [0.1, 0.15) is 39.1 Å². The molecule has 1 N–H and O–H groups in total. The number of methoxy groups -OCH3 is 1. The highest BCUT2D eigenvalue weighted by Crippen LogP contribution is 2.35. The summed E-state index contributed by atoms with van der Waals surface area (Å²) >= 11 is 0. The minimum Gasteiger partial charge on any atom is -0.479 e. The summed E-state index contributed by atoms with van der Waals surface area (Å²) in [5, 5.41) is 7.15. The van der Waals surface area contributed by atoms with Crippen molar-refractivity contribution in [1.29, 1.82) is 0 Å². The number of urea groups is 1. The molecular weight excluding hydrogens is 490 g/mol. The Bertz CT molecular complexity index is 1380. The maximum absolute atomic E-state index is 13.3.